The van der Waals surface area contributed by atoms with Gasteiger partial charge in [0.05, 0.1) is 10.6 Å². The zero-order chi connectivity index (χ0) is 22.1. The predicted octanol–water partition coefficient (Wildman–Crippen LogP) is 5.73. The van der Waals surface area contributed by atoms with Crippen molar-refractivity contribution in [3.8, 4) is 16.9 Å². The number of halogens is 1. The monoisotopic (exact) mass is 438 g/mol. The summed E-state index contributed by atoms with van der Waals surface area (Å²) < 4.78 is -0.541. The van der Waals surface area contributed by atoms with E-state index in [4.69, 9.17) is 17.3 Å². The number of thiol groups is 1. The van der Waals surface area contributed by atoms with Crippen LogP contribution >= 0.6 is 24.2 Å². The van der Waals surface area contributed by atoms with Gasteiger partial charge in [-0.25, -0.2) is 0 Å². The molecule has 0 saturated heterocycles. The van der Waals surface area contributed by atoms with Crippen LogP contribution in [-0.4, -0.2) is 16.8 Å². The highest BCUT2D eigenvalue weighted by atomic mass is 35.5. The highest BCUT2D eigenvalue weighted by Crippen LogP contribution is 2.39. The van der Waals surface area contributed by atoms with Gasteiger partial charge >= 0.3 is 0 Å². The van der Waals surface area contributed by atoms with Crippen molar-refractivity contribution in [2.45, 2.75) is 25.5 Å². The number of amidine groups is 1. The number of carbonyl (C=O) groups excluding carboxylic acids is 1. The third kappa shape index (κ3) is 4.53. The number of nitrogens with two attached hydrogens (primary N) is 1. The molecule has 0 spiro atoms. The average Bonchev–Trinajstić information content (AvgIpc) is 2.67. The number of aromatic hydroxyl groups is 1. The molecule has 0 aliphatic rings. The maximum Gasteiger partial charge on any atom is 0.282 e. The van der Waals surface area contributed by atoms with Crippen LogP contribution in [0.2, 0.25) is 5.02 Å². The zero-order valence-electron chi connectivity index (χ0n) is 17.0. The highest BCUT2D eigenvalue weighted by molar-refractivity contribution is 7.81. The summed E-state index contributed by atoms with van der Waals surface area (Å²) in [5.74, 6) is -0.805. The summed E-state index contributed by atoms with van der Waals surface area (Å²) in [5, 5.41) is 11.3. The topological polar surface area (TPSA) is 75.7 Å². The molecule has 3 aromatic rings. The van der Waals surface area contributed by atoms with Crippen molar-refractivity contribution in [2.24, 2.45) is 10.7 Å². The van der Waals surface area contributed by atoms with Gasteiger partial charge in [0.25, 0.3) is 5.91 Å². The molecule has 30 heavy (non-hydrogen) atoms. The number of aliphatic imine (C=N–C) groups is 1. The van der Waals surface area contributed by atoms with E-state index in [0.717, 1.165) is 16.7 Å². The molecule has 154 valence electrons. The number of aryl methyl sites for hydroxylation is 1. The van der Waals surface area contributed by atoms with Gasteiger partial charge in [-0.1, -0.05) is 54.1 Å². The standard InChI is InChI=1S/C24H23ClN2O2S/c1-14-8-7-11-19(25)20(14)22(26)27-23(29)18-13-16(24(2,3)30)12-17(21(18)28)15-9-5-4-6-10-15/h4-13,28,30H,1-3H3,(H2,26,27,29). The fourth-order valence-corrected chi connectivity index (χ4v) is 3.62. The summed E-state index contributed by atoms with van der Waals surface area (Å²) in [4.78, 5) is 17.1. The first-order valence-electron chi connectivity index (χ1n) is 9.39. The Morgan fingerprint density at radius 2 is 1.77 bits per heavy atom. The molecule has 0 aliphatic carbocycles. The summed E-state index contributed by atoms with van der Waals surface area (Å²) in [6.45, 7) is 5.66. The summed E-state index contributed by atoms with van der Waals surface area (Å²) in [7, 11) is 0. The van der Waals surface area contributed by atoms with Crippen LogP contribution in [-0.2, 0) is 4.75 Å². The van der Waals surface area contributed by atoms with Gasteiger partial charge in [-0.2, -0.15) is 17.6 Å². The fraction of sp³-hybridized carbons (Fsp3) is 0.167. The van der Waals surface area contributed by atoms with Gasteiger partial charge in [0, 0.05) is 15.9 Å². The van der Waals surface area contributed by atoms with Crippen LogP contribution < -0.4 is 5.73 Å². The Morgan fingerprint density at radius 3 is 2.37 bits per heavy atom. The van der Waals surface area contributed by atoms with E-state index in [1.807, 2.05) is 63.2 Å². The Hall–Kier alpha value is -2.76. The summed E-state index contributed by atoms with van der Waals surface area (Å²) >= 11 is 10.9. The Kier molecular flexibility index (Phi) is 6.25. The number of nitrogens with zero attached hydrogens (tertiary/aromatic N) is 1. The van der Waals surface area contributed by atoms with Crippen molar-refractivity contribution in [1.82, 2.24) is 0 Å². The first-order valence-corrected chi connectivity index (χ1v) is 10.2. The van der Waals surface area contributed by atoms with Crippen LogP contribution in [0.4, 0.5) is 0 Å². The van der Waals surface area contributed by atoms with Gasteiger partial charge in [0.1, 0.15) is 11.6 Å². The maximum absolute atomic E-state index is 13.0. The van der Waals surface area contributed by atoms with E-state index in [9.17, 15) is 9.90 Å². The van der Waals surface area contributed by atoms with Crippen molar-refractivity contribution < 1.29 is 9.90 Å². The van der Waals surface area contributed by atoms with E-state index in [2.05, 4.69) is 17.6 Å². The maximum atomic E-state index is 13.0. The fourth-order valence-electron chi connectivity index (χ4n) is 3.17. The molecule has 3 rings (SSSR count). The van der Waals surface area contributed by atoms with E-state index in [1.165, 1.54) is 0 Å². The van der Waals surface area contributed by atoms with E-state index in [1.54, 1.807) is 18.2 Å². The third-order valence-corrected chi connectivity index (χ3v) is 5.40. The minimum absolute atomic E-state index is 0.000650. The molecule has 3 N–H and O–H groups in total. The number of amides is 1. The quantitative estimate of drug-likeness (QED) is 0.276. The number of phenols is 1. The molecule has 6 heteroatoms. The molecule has 3 aromatic carbocycles. The zero-order valence-corrected chi connectivity index (χ0v) is 18.6. The van der Waals surface area contributed by atoms with Crippen molar-refractivity contribution >= 4 is 36.0 Å². The van der Waals surface area contributed by atoms with E-state index in [-0.39, 0.29) is 17.1 Å². The van der Waals surface area contributed by atoms with Crippen LogP contribution in [0.25, 0.3) is 11.1 Å². The normalized spacial score (nSPS) is 12.1. The molecule has 0 aliphatic heterocycles. The first kappa shape index (κ1) is 21.9. The van der Waals surface area contributed by atoms with Gasteiger partial charge in [0.2, 0.25) is 0 Å². The molecule has 0 unspecified atom stereocenters. The van der Waals surface area contributed by atoms with Crippen molar-refractivity contribution in [3.63, 3.8) is 0 Å². The van der Waals surface area contributed by atoms with Gasteiger partial charge in [0.15, 0.2) is 0 Å². The largest absolute Gasteiger partial charge is 0.506 e. The third-order valence-electron chi connectivity index (χ3n) is 4.83. The average molecular weight is 439 g/mol. The van der Waals surface area contributed by atoms with E-state index >= 15 is 0 Å². The number of rotatable bonds is 4. The SMILES string of the molecule is Cc1cccc(Cl)c1C(N)=NC(=O)c1cc(C(C)(C)S)cc(-c2ccccc2)c1O. The van der Waals surface area contributed by atoms with Crippen LogP contribution in [0.15, 0.2) is 65.7 Å². The Morgan fingerprint density at radius 1 is 1.10 bits per heavy atom. The van der Waals surface area contributed by atoms with Gasteiger partial charge in [-0.3, -0.25) is 4.79 Å². The molecule has 1 amide bonds. The number of hydrogen-bond donors (Lipinski definition) is 3. The lowest BCUT2D eigenvalue weighted by atomic mass is 9.92. The Balaban J connectivity index is 2.16. The second-order valence-corrected chi connectivity index (χ2v) is 9.10. The number of benzene rings is 3. The first-order chi connectivity index (χ1) is 14.1. The predicted molar refractivity (Wildman–Crippen MR) is 127 cm³/mol. The second kappa shape index (κ2) is 8.54. The minimum Gasteiger partial charge on any atom is -0.506 e. The van der Waals surface area contributed by atoms with Crippen LogP contribution in [0.1, 0.15) is 40.9 Å². The molecule has 0 heterocycles. The molecule has 0 aromatic heterocycles. The van der Waals surface area contributed by atoms with Crippen molar-refractivity contribution in [3.05, 3.63) is 87.9 Å². The van der Waals surface area contributed by atoms with Crippen LogP contribution in [0, 0.1) is 6.92 Å². The molecule has 0 radical (unpaired) electrons. The summed E-state index contributed by atoms with van der Waals surface area (Å²) in [5.41, 5.74) is 9.55. The number of phenolic OH excluding ortho intramolecular Hbond substituents is 1. The molecular formula is C24H23ClN2O2S. The minimum atomic E-state index is -0.652. The van der Waals surface area contributed by atoms with Crippen LogP contribution in [0.3, 0.4) is 0 Å². The second-order valence-electron chi connectivity index (χ2n) is 7.58. The molecular weight excluding hydrogens is 416 g/mol. The van der Waals surface area contributed by atoms with Gasteiger partial charge in [-0.05, 0) is 55.7 Å². The molecule has 0 fully saturated rings. The Labute approximate surface area is 186 Å². The summed E-state index contributed by atoms with van der Waals surface area (Å²) in [6.07, 6.45) is 0. The molecule has 4 nitrogen and oxygen atoms in total. The smallest absolute Gasteiger partial charge is 0.282 e. The highest BCUT2D eigenvalue weighted by Gasteiger charge is 2.23. The van der Waals surface area contributed by atoms with E-state index in [0.29, 0.717) is 16.1 Å². The molecule has 0 saturated carbocycles. The van der Waals surface area contributed by atoms with Crippen molar-refractivity contribution in [2.75, 3.05) is 0 Å². The summed E-state index contributed by atoms with van der Waals surface area (Å²) in [6, 6.07) is 18.1. The lowest BCUT2D eigenvalue weighted by molar-refractivity contribution is 0.100. The molecule has 0 bridgehead atoms. The Bertz CT molecular complexity index is 1120. The van der Waals surface area contributed by atoms with Crippen molar-refractivity contribution in [1.29, 1.82) is 0 Å². The number of carbonyl (C=O) groups is 1. The van der Waals surface area contributed by atoms with Gasteiger partial charge in [-0.15, -0.1) is 0 Å². The van der Waals surface area contributed by atoms with E-state index < -0.39 is 10.7 Å². The molecule has 0 atom stereocenters. The number of hydrogen-bond acceptors (Lipinski definition) is 3. The lowest BCUT2D eigenvalue weighted by Gasteiger charge is -2.21. The van der Waals surface area contributed by atoms with Crippen LogP contribution in [0.5, 0.6) is 5.75 Å². The van der Waals surface area contributed by atoms with Gasteiger partial charge < -0.3 is 10.8 Å². The lowest BCUT2D eigenvalue weighted by Crippen LogP contribution is -2.18.